The van der Waals surface area contributed by atoms with Gasteiger partial charge < -0.3 is 21.1 Å². The molecule has 1 aliphatic rings. The maximum Gasteiger partial charge on any atom is 0.229 e. The van der Waals surface area contributed by atoms with Crippen molar-refractivity contribution in [1.82, 2.24) is 25.1 Å². The summed E-state index contributed by atoms with van der Waals surface area (Å²) in [6, 6.07) is 6.08. The van der Waals surface area contributed by atoms with Crippen molar-refractivity contribution in [3.05, 3.63) is 47.4 Å². The van der Waals surface area contributed by atoms with E-state index in [-0.39, 0.29) is 6.61 Å². The quantitative estimate of drug-likeness (QED) is 0.459. The zero-order valence-corrected chi connectivity index (χ0v) is 17.7. The predicted octanol–water partition coefficient (Wildman–Crippen LogP) is 3.20. The van der Waals surface area contributed by atoms with Crippen molar-refractivity contribution in [2.24, 2.45) is 0 Å². The number of nitrogens with zero attached hydrogens (tertiary/aromatic N) is 4. The van der Waals surface area contributed by atoms with E-state index in [1.54, 1.807) is 10.9 Å². The van der Waals surface area contributed by atoms with Crippen LogP contribution in [0, 0.1) is 6.92 Å². The lowest BCUT2D eigenvalue weighted by Gasteiger charge is -2.25. The van der Waals surface area contributed by atoms with E-state index in [4.69, 9.17) is 21.7 Å². The largest absolute Gasteiger partial charge is 0.394 e. The Hall–Kier alpha value is -2.68. The van der Waals surface area contributed by atoms with E-state index in [9.17, 15) is 0 Å². The second-order valence-electron chi connectivity index (χ2n) is 7.43. The minimum atomic E-state index is 0.0428. The highest BCUT2D eigenvalue weighted by Crippen LogP contribution is 2.29. The highest BCUT2D eigenvalue weighted by Gasteiger charge is 2.18. The fourth-order valence-corrected chi connectivity index (χ4v) is 3.62. The monoisotopic (exact) mass is 427 g/mol. The number of aliphatic hydroxyl groups excluding tert-OH is 1. The van der Waals surface area contributed by atoms with Crippen LogP contribution in [-0.4, -0.2) is 50.6 Å². The highest BCUT2D eigenvalue weighted by atomic mass is 35.5. The summed E-state index contributed by atoms with van der Waals surface area (Å²) in [5.41, 5.74) is 3.67. The van der Waals surface area contributed by atoms with E-state index >= 15 is 0 Å². The van der Waals surface area contributed by atoms with Crippen molar-refractivity contribution in [3.8, 4) is 11.1 Å². The molecule has 30 heavy (non-hydrogen) atoms. The molecule has 9 heteroatoms. The Morgan fingerprint density at radius 2 is 2.10 bits per heavy atom. The van der Waals surface area contributed by atoms with E-state index in [0.717, 1.165) is 59.1 Å². The summed E-state index contributed by atoms with van der Waals surface area (Å²) in [5.74, 6) is 1.29. The van der Waals surface area contributed by atoms with Crippen LogP contribution >= 0.6 is 11.6 Å². The second-order valence-corrected chi connectivity index (χ2v) is 7.84. The summed E-state index contributed by atoms with van der Waals surface area (Å²) in [5, 5.41) is 24.5. The Labute approximate surface area is 180 Å². The molecule has 4 N–H and O–H groups in total. The van der Waals surface area contributed by atoms with Gasteiger partial charge in [-0.15, -0.1) is 0 Å². The normalized spacial score (nSPS) is 14.6. The van der Waals surface area contributed by atoms with Gasteiger partial charge in [-0.05, 0) is 56.6 Å². The minimum Gasteiger partial charge on any atom is -0.394 e. The molecule has 0 aliphatic carbocycles. The van der Waals surface area contributed by atoms with Crippen molar-refractivity contribution in [1.29, 1.82) is 0 Å². The summed E-state index contributed by atoms with van der Waals surface area (Å²) < 4.78 is 1.71. The summed E-state index contributed by atoms with van der Waals surface area (Å²) in [4.78, 5) is 9.29. The van der Waals surface area contributed by atoms with E-state index < -0.39 is 0 Å². The number of rotatable bonds is 7. The Balaban J connectivity index is 1.63. The van der Waals surface area contributed by atoms with Crippen molar-refractivity contribution < 1.29 is 5.11 Å². The van der Waals surface area contributed by atoms with Crippen molar-refractivity contribution in [2.75, 3.05) is 30.3 Å². The average molecular weight is 428 g/mol. The molecule has 1 aromatic carbocycles. The van der Waals surface area contributed by atoms with Crippen molar-refractivity contribution in [3.63, 3.8) is 0 Å². The molecule has 0 atom stereocenters. The van der Waals surface area contributed by atoms with Gasteiger partial charge >= 0.3 is 0 Å². The first-order valence-electron chi connectivity index (χ1n) is 10.1. The molecule has 0 saturated carbocycles. The third-order valence-corrected chi connectivity index (χ3v) is 5.58. The third-order valence-electron chi connectivity index (χ3n) is 5.16. The minimum absolute atomic E-state index is 0.0428. The molecule has 0 bridgehead atoms. The number of halogens is 1. The van der Waals surface area contributed by atoms with Crippen LogP contribution in [-0.2, 0) is 6.54 Å². The van der Waals surface area contributed by atoms with Gasteiger partial charge in [0.25, 0.3) is 0 Å². The molecule has 158 valence electrons. The number of aryl methyl sites for hydroxylation is 1. The number of aliphatic hydroxyl groups is 1. The van der Waals surface area contributed by atoms with Crippen LogP contribution < -0.4 is 16.0 Å². The van der Waals surface area contributed by atoms with Gasteiger partial charge in [-0.1, -0.05) is 11.6 Å². The summed E-state index contributed by atoms with van der Waals surface area (Å²) in [6.07, 6.45) is 7.55. The Morgan fingerprint density at radius 3 is 2.87 bits per heavy atom. The molecule has 2 aromatic heterocycles. The Bertz CT molecular complexity index is 1000. The van der Waals surface area contributed by atoms with Gasteiger partial charge in [-0.2, -0.15) is 10.1 Å². The second kappa shape index (κ2) is 9.42. The molecule has 1 aliphatic heterocycles. The van der Waals surface area contributed by atoms with Gasteiger partial charge in [0.15, 0.2) is 0 Å². The smallest absolute Gasteiger partial charge is 0.229 e. The lowest BCUT2D eigenvalue weighted by Crippen LogP contribution is -2.35. The molecule has 0 amide bonds. The molecule has 3 heterocycles. The number of anilines is 3. The number of hydrogen-bond acceptors (Lipinski definition) is 7. The van der Waals surface area contributed by atoms with Crippen LogP contribution in [0.1, 0.15) is 18.4 Å². The lowest BCUT2D eigenvalue weighted by atomic mass is 10.1. The van der Waals surface area contributed by atoms with Gasteiger partial charge in [0.2, 0.25) is 5.95 Å². The first-order chi connectivity index (χ1) is 14.6. The number of aromatic nitrogens is 4. The van der Waals surface area contributed by atoms with Gasteiger partial charge in [-0.25, -0.2) is 4.98 Å². The Morgan fingerprint density at radius 1 is 1.27 bits per heavy atom. The zero-order chi connectivity index (χ0) is 20.9. The fourth-order valence-electron chi connectivity index (χ4n) is 3.50. The summed E-state index contributed by atoms with van der Waals surface area (Å²) in [6.45, 7) is 4.43. The van der Waals surface area contributed by atoms with Gasteiger partial charge in [-0.3, -0.25) is 4.68 Å². The fraction of sp³-hybridized carbons (Fsp3) is 0.381. The Kier molecular flexibility index (Phi) is 6.47. The zero-order valence-electron chi connectivity index (χ0n) is 16.9. The predicted molar refractivity (Wildman–Crippen MR) is 119 cm³/mol. The topological polar surface area (TPSA) is 99.9 Å². The number of nitrogens with one attached hydrogen (secondary N) is 3. The maximum absolute atomic E-state index is 9.16. The van der Waals surface area contributed by atoms with Crippen molar-refractivity contribution in [2.45, 2.75) is 32.4 Å². The van der Waals surface area contributed by atoms with Gasteiger partial charge in [0.05, 0.1) is 19.3 Å². The van der Waals surface area contributed by atoms with Crippen LogP contribution in [0.3, 0.4) is 0 Å². The first-order valence-corrected chi connectivity index (χ1v) is 10.5. The maximum atomic E-state index is 9.16. The van der Waals surface area contributed by atoms with Crippen LogP contribution in [0.4, 0.5) is 17.5 Å². The van der Waals surface area contributed by atoms with Crippen molar-refractivity contribution >= 4 is 29.1 Å². The molecule has 8 nitrogen and oxygen atoms in total. The molecular formula is C21H26ClN7O. The molecule has 4 rings (SSSR count). The molecule has 1 fully saturated rings. The molecular weight excluding hydrogens is 402 g/mol. The molecule has 0 spiro atoms. The average Bonchev–Trinajstić information content (AvgIpc) is 3.20. The van der Waals surface area contributed by atoms with E-state index in [1.807, 2.05) is 37.5 Å². The molecule has 0 unspecified atom stereocenters. The molecule has 1 saturated heterocycles. The first kappa shape index (κ1) is 20.6. The number of piperidine rings is 1. The lowest BCUT2D eigenvalue weighted by molar-refractivity contribution is 0.269. The van der Waals surface area contributed by atoms with Crippen LogP contribution in [0.2, 0.25) is 5.02 Å². The number of hydrogen-bond donors (Lipinski definition) is 4. The number of benzene rings is 1. The van der Waals surface area contributed by atoms with Crippen LogP contribution in [0.5, 0.6) is 0 Å². The van der Waals surface area contributed by atoms with Crippen LogP contribution in [0.15, 0.2) is 36.8 Å². The summed E-state index contributed by atoms with van der Waals surface area (Å²) in [7, 11) is 0. The highest BCUT2D eigenvalue weighted by molar-refractivity contribution is 6.31. The van der Waals surface area contributed by atoms with E-state index in [0.29, 0.717) is 18.5 Å². The molecule has 3 aromatic rings. The standard InChI is InChI=1S/C21H26ClN7O/c1-14-10-17(2-3-19(14)22)27-21-24-12-18(15-11-25-29(13-15)8-9-30)20(28-21)26-16-4-6-23-7-5-16/h2-3,10-13,16,23,30H,4-9H2,1H3,(H2,24,26,27,28). The van der Waals surface area contributed by atoms with E-state index in [1.165, 1.54) is 0 Å². The SMILES string of the molecule is Cc1cc(Nc2ncc(-c3cnn(CCO)c3)c(NC3CCNCC3)n2)ccc1Cl. The van der Waals surface area contributed by atoms with Crippen LogP contribution in [0.25, 0.3) is 11.1 Å². The van der Waals surface area contributed by atoms with Gasteiger partial charge in [0, 0.05) is 40.3 Å². The summed E-state index contributed by atoms with van der Waals surface area (Å²) >= 11 is 6.13. The molecule has 0 radical (unpaired) electrons. The van der Waals surface area contributed by atoms with Gasteiger partial charge in [0.1, 0.15) is 5.82 Å². The third kappa shape index (κ3) is 4.89. The van der Waals surface area contributed by atoms with E-state index in [2.05, 4.69) is 26.0 Å².